The van der Waals surface area contributed by atoms with E-state index in [2.05, 4.69) is 10.4 Å². The Kier molecular flexibility index (Phi) is 3.19. The van der Waals surface area contributed by atoms with Gasteiger partial charge < -0.3 is 11.1 Å². The average Bonchev–Trinajstić information content (AvgIpc) is 3.05. The van der Waals surface area contributed by atoms with Crippen LogP contribution in [0.4, 0.5) is 0 Å². The highest BCUT2D eigenvalue weighted by Gasteiger charge is 2.32. The molecule has 0 bridgehead atoms. The zero-order valence-corrected chi connectivity index (χ0v) is 10.7. The molecule has 1 saturated carbocycles. The molecule has 0 aromatic carbocycles. The summed E-state index contributed by atoms with van der Waals surface area (Å²) in [5, 5.41) is 7.27. The van der Waals surface area contributed by atoms with Crippen LogP contribution in [0.1, 0.15) is 34.6 Å². The Morgan fingerprint density at radius 2 is 2.24 bits per heavy atom. The molecule has 1 aromatic rings. The van der Waals surface area contributed by atoms with E-state index in [1.54, 1.807) is 4.68 Å². The van der Waals surface area contributed by atoms with Crippen molar-refractivity contribution in [2.75, 3.05) is 6.54 Å². The molecule has 2 rings (SSSR count). The summed E-state index contributed by atoms with van der Waals surface area (Å²) in [5.41, 5.74) is 8.04. The van der Waals surface area contributed by atoms with E-state index in [0.29, 0.717) is 18.0 Å². The summed E-state index contributed by atoms with van der Waals surface area (Å²) in [6.07, 6.45) is 2.35. The molecule has 3 N–H and O–H groups in total. The monoisotopic (exact) mass is 236 g/mol. The standard InChI is InChI=1S/C12H20N4O/c1-7-11(8(2)16(3)15-7)12(17)14-10(6-13)9-4-5-9/h9-10H,4-6,13H2,1-3H3,(H,14,17). The van der Waals surface area contributed by atoms with E-state index in [0.717, 1.165) is 11.4 Å². The smallest absolute Gasteiger partial charge is 0.255 e. The molecule has 5 heteroatoms. The van der Waals surface area contributed by atoms with Gasteiger partial charge in [0.25, 0.3) is 5.91 Å². The summed E-state index contributed by atoms with van der Waals surface area (Å²) in [4.78, 5) is 12.2. The van der Waals surface area contributed by atoms with Gasteiger partial charge in [-0.3, -0.25) is 9.48 Å². The van der Waals surface area contributed by atoms with Gasteiger partial charge >= 0.3 is 0 Å². The molecule has 1 heterocycles. The van der Waals surface area contributed by atoms with Crippen LogP contribution in [-0.2, 0) is 7.05 Å². The van der Waals surface area contributed by atoms with E-state index in [1.165, 1.54) is 12.8 Å². The lowest BCUT2D eigenvalue weighted by atomic mass is 10.1. The molecule has 1 unspecified atom stereocenters. The minimum atomic E-state index is -0.0459. The predicted molar refractivity (Wildman–Crippen MR) is 65.7 cm³/mol. The van der Waals surface area contributed by atoms with Crippen LogP contribution < -0.4 is 11.1 Å². The maximum absolute atomic E-state index is 12.2. The van der Waals surface area contributed by atoms with E-state index >= 15 is 0 Å². The number of hydrogen-bond acceptors (Lipinski definition) is 3. The molecule has 0 aliphatic heterocycles. The Morgan fingerprint density at radius 1 is 1.59 bits per heavy atom. The van der Waals surface area contributed by atoms with Crippen molar-refractivity contribution in [1.82, 2.24) is 15.1 Å². The number of rotatable bonds is 4. The molecular formula is C12H20N4O. The molecule has 94 valence electrons. The first kappa shape index (κ1) is 12.1. The predicted octanol–water partition coefficient (Wildman–Crippen LogP) is 0.504. The highest BCUT2D eigenvalue weighted by Crippen LogP contribution is 2.32. The second kappa shape index (κ2) is 4.49. The zero-order chi connectivity index (χ0) is 12.6. The van der Waals surface area contributed by atoms with Crippen molar-refractivity contribution < 1.29 is 4.79 Å². The van der Waals surface area contributed by atoms with Crippen molar-refractivity contribution in [3.05, 3.63) is 17.0 Å². The van der Waals surface area contributed by atoms with Gasteiger partial charge in [-0.1, -0.05) is 0 Å². The van der Waals surface area contributed by atoms with Crippen LogP contribution in [-0.4, -0.2) is 28.3 Å². The van der Waals surface area contributed by atoms with Crippen molar-refractivity contribution in [1.29, 1.82) is 0 Å². The fourth-order valence-corrected chi connectivity index (χ4v) is 2.21. The molecule has 1 fully saturated rings. The van der Waals surface area contributed by atoms with Crippen molar-refractivity contribution >= 4 is 5.91 Å². The van der Waals surface area contributed by atoms with Crippen LogP contribution in [0.5, 0.6) is 0 Å². The molecular weight excluding hydrogens is 216 g/mol. The molecule has 1 aliphatic carbocycles. The molecule has 1 amide bonds. The van der Waals surface area contributed by atoms with Gasteiger partial charge in [0.05, 0.1) is 11.3 Å². The molecule has 0 radical (unpaired) electrons. The Morgan fingerprint density at radius 3 is 2.65 bits per heavy atom. The number of aromatic nitrogens is 2. The van der Waals surface area contributed by atoms with Gasteiger partial charge in [-0.15, -0.1) is 0 Å². The summed E-state index contributed by atoms with van der Waals surface area (Å²) in [5.74, 6) is 0.525. The number of nitrogens with two attached hydrogens (primary N) is 1. The summed E-state index contributed by atoms with van der Waals surface area (Å²) < 4.78 is 1.73. The van der Waals surface area contributed by atoms with Crippen molar-refractivity contribution in [3.8, 4) is 0 Å². The van der Waals surface area contributed by atoms with E-state index in [-0.39, 0.29) is 11.9 Å². The van der Waals surface area contributed by atoms with Gasteiger partial charge in [0.1, 0.15) is 0 Å². The molecule has 1 aliphatic rings. The molecule has 1 aromatic heterocycles. The normalized spacial score (nSPS) is 16.9. The summed E-state index contributed by atoms with van der Waals surface area (Å²) in [6, 6.07) is 0.113. The third-order valence-electron chi connectivity index (χ3n) is 3.50. The topological polar surface area (TPSA) is 72.9 Å². The molecule has 0 spiro atoms. The first-order chi connectivity index (χ1) is 8.04. The SMILES string of the molecule is Cc1nn(C)c(C)c1C(=O)NC(CN)C1CC1. The lowest BCUT2D eigenvalue weighted by molar-refractivity contribution is 0.0932. The van der Waals surface area contributed by atoms with Gasteiger partial charge in [0.15, 0.2) is 0 Å². The Balaban J connectivity index is 2.13. The minimum absolute atomic E-state index is 0.0459. The highest BCUT2D eigenvalue weighted by atomic mass is 16.1. The first-order valence-electron chi connectivity index (χ1n) is 6.05. The Bertz CT molecular complexity index is 434. The highest BCUT2D eigenvalue weighted by molar-refractivity contribution is 5.96. The van der Waals surface area contributed by atoms with Crippen LogP contribution in [0.2, 0.25) is 0 Å². The number of carbonyl (C=O) groups excluding carboxylic acids is 1. The van der Waals surface area contributed by atoms with Crippen molar-refractivity contribution in [3.63, 3.8) is 0 Å². The first-order valence-corrected chi connectivity index (χ1v) is 6.05. The lowest BCUT2D eigenvalue weighted by Gasteiger charge is -2.16. The fourth-order valence-electron chi connectivity index (χ4n) is 2.21. The number of aryl methyl sites for hydroxylation is 2. The second-order valence-corrected chi connectivity index (χ2v) is 4.82. The average molecular weight is 236 g/mol. The van der Waals surface area contributed by atoms with Crippen LogP contribution in [0.25, 0.3) is 0 Å². The molecule has 0 saturated heterocycles. The maximum Gasteiger partial charge on any atom is 0.255 e. The van der Waals surface area contributed by atoms with Crippen molar-refractivity contribution in [2.24, 2.45) is 18.7 Å². The van der Waals surface area contributed by atoms with Gasteiger partial charge in [-0.2, -0.15) is 5.10 Å². The lowest BCUT2D eigenvalue weighted by Crippen LogP contribution is -2.42. The number of carbonyl (C=O) groups is 1. The maximum atomic E-state index is 12.2. The van der Waals surface area contributed by atoms with Gasteiger partial charge in [0.2, 0.25) is 0 Å². The quantitative estimate of drug-likeness (QED) is 0.799. The van der Waals surface area contributed by atoms with Gasteiger partial charge in [-0.25, -0.2) is 0 Å². The van der Waals surface area contributed by atoms with Crippen molar-refractivity contribution in [2.45, 2.75) is 32.7 Å². The van der Waals surface area contributed by atoms with E-state index in [1.807, 2.05) is 20.9 Å². The van der Waals surface area contributed by atoms with E-state index in [9.17, 15) is 4.79 Å². The fraction of sp³-hybridized carbons (Fsp3) is 0.667. The molecule has 1 atom stereocenters. The second-order valence-electron chi connectivity index (χ2n) is 4.82. The van der Waals surface area contributed by atoms with Gasteiger partial charge in [0, 0.05) is 25.3 Å². The number of nitrogens with one attached hydrogen (secondary N) is 1. The molecule has 17 heavy (non-hydrogen) atoms. The summed E-state index contributed by atoms with van der Waals surface area (Å²) in [7, 11) is 1.85. The number of nitrogens with zero attached hydrogens (tertiary/aromatic N) is 2. The zero-order valence-electron chi connectivity index (χ0n) is 10.7. The Labute approximate surface area is 101 Å². The third kappa shape index (κ3) is 2.34. The third-order valence-corrected chi connectivity index (χ3v) is 3.50. The van der Waals surface area contributed by atoms with E-state index in [4.69, 9.17) is 5.73 Å². The largest absolute Gasteiger partial charge is 0.348 e. The number of hydrogen-bond donors (Lipinski definition) is 2. The Hall–Kier alpha value is -1.36. The van der Waals surface area contributed by atoms with Gasteiger partial charge in [-0.05, 0) is 32.6 Å². The molecule has 5 nitrogen and oxygen atoms in total. The summed E-state index contributed by atoms with van der Waals surface area (Å²) in [6.45, 7) is 4.27. The van der Waals surface area contributed by atoms with E-state index < -0.39 is 0 Å². The van der Waals surface area contributed by atoms with Crippen LogP contribution in [0, 0.1) is 19.8 Å². The minimum Gasteiger partial charge on any atom is -0.348 e. The number of amides is 1. The van der Waals surface area contributed by atoms with Crippen LogP contribution >= 0.6 is 0 Å². The van der Waals surface area contributed by atoms with Crippen LogP contribution in [0.3, 0.4) is 0 Å². The summed E-state index contributed by atoms with van der Waals surface area (Å²) >= 11 is 0. The van der Waals surface area contributed by atoms with Crippen LogP contribution in [0.15, 0.2) is 0 Å².